The molecule has 0 aliphatic rings. The molecule has 0 aromatic carbocycles. The molecular weight excluding hydrogens is 214 g/mol. The highest BCUT2D eigenvalue weighted by Crippen LogP contribution is 2.19. The van der Waals surface area contributed by atoms with E-state index < -0.39 is 0 Å². The van der Waals surface area contributed by atoms with E-state index in [2.05, 4.69) is 47.7 Å². The third-order valence-corrected chi connectivity index (χ3v) is 2.24. The van der Waals surface area contributed by atoms with E-state index in [1.807, 2.05) is 0 Å². The van der Waals surface area contributed by atoms with Crippen molar-refractivity contribution >= 4 is 5.82 Å². The van der Waals surface area contributed by atoms with Crippen LogP contribution in [0.1, 0.15) is 39.1 Å². The van der Waals surface area contributed by atoms with Gasteiger partial charge in [0, 0.05) is 11.1 Å². The molecule has 0 saturated carbocycles. The first-order valence-corrected chi connectivity index (χ1v) is 5.92. The average molecular weight is 233 g/mol. The quantitative estimate of drug-likeness (QED) is 0.440. The number of rotatable bonds is 5. The van der Waals surface area contributed by atoms with Gasteiger partial charge in [-0.1, -0.05) is 27.7 Å². The molecule has 1 aromatic rings. The summed E-state index contributed by atoms with van der Waals surface area (Å²) in [5, 5.41) is 3.63. The minimum absolute atomic E-state index is 0.430. The maximum atomic E-state index is 8.54. The molecule has 92 valence electrons. The summed E-state index contributed by atoms with van der Waals surface area (Å²) in [6, 6.07) is 0. The second kappa shape index (κ2) is 6.21. The van der Waals surface area contributed by atoms with Gasteiger partial charge in [0.2, 0.25) is 0 Å². The maximum Gasteiger partial charge on any atom is 0.148 e. The first kappa shape index (κ1) is 13.5. The Labute approximate surface area is 102 Å². The van der Waals surface area contributed by atoms with Gasteiger partial charge in [0.05, 0.1) is 11.4 Å². The van der Waals surface area contributed by atoms with Crippen LogP contribution in [0.3, 0.4) is 0 Å². The van der Waals surface area contributed by atoms with Crippen molar-refractivity contribution in [1.29, 1.82) is 0 Å². The number of nitrogens with zero attached hydrogens (tertiary/aromatic N) is 5. The molecule has 1 rings (SSSR count). The van der Waals surface area contributed by atoms with Crippen LogP contribution in [-0.2, 0) is 12.8 Å². The van der Waals surface area contributed by atoms with E-state index in [9.17, 15) is 0 Å². The summed E-state index contributed by atoms with van der Waals surface area (Å²) in [4.78, 5) is 11.6. The van der Waals surface area contributed by atoms with Crippen LogP contribution in [0.15, 0.2) is 11.3 Å². The molecule has 1 aromatic heterocycles. The molecule has 0 amide bonds. The van der Waals surface area contributed by atoms with E-state index in [1.165, 1.54) is 0 Å². The van der Waals surface area contributed by atoms with Crippen molar-refractivity contribution < 1.29 is 0 Å². The van der Waals surface area contributed by atoms with Gasteiger partial charge in [-0.25, -0.2) is 4.98 Å². The van der Waals surface area contributed by atoms with E-state index >= 15 is 0 Å². The van der Waals surface area contributed by atoms with Gasteiger partial charge in [-0.2, -0.15) is 0 Å². The van der Waals surface area contributed by atoms with Gasteiger partial charge in [-0.05, 0) is 35.3 Å². The summed E-state index contributed by atoms with van der Waals surface area (Å²) in [6.07, 6.45) is 3.42. The van der Waals surface area contributed by atoms with Gasteiger partial charge in [-0.3, -0.25) is 4.98 Å². The molecule has 0 spiro atoms. The Bertz CT molecular complexity index is 419. The zero-order chi connectivity index (χ0) is 12.8. The van der Waals surface area contributed by atoms with Crippen LogP contribution in [0, 0.1) is 11.8 Å². The summed E-state index contributed by atoms with van der Waals surface area (Å²) in [7, 11) is 0. The molecular formula is C12H19N5. The summed E-state index contributed by atoms with van der Waals surface area (Å²) < 4.78 is 0. The Balaban J connectivity index is 3.03. The molecule has 0 bridgehead atoms. The predicted octanol–water partition coefficient (Wildman–Crippen LogP) is 3.82. The Hall–Kier alpha value is -1.61. The van der Waals surface area contributed by atoms with Crippen molar-refractivity contribution in [3.05, 3.63) is 28.0 Å². The highest BCUT2D eigenvalue weighted by molar-refractivity contribution is 5.34. The highest BCUT2D eigenvalue weighted by atomic mass is 15.2. The highest BCUT2D eigenvalue weighted by Gasteiger charge is 2.09. The van der Waals surface area contributed by atoms with Crippen LogP contribution < -0.4 is 0 Å². The molecule has 0 atom stereocenters. The minimum Gasteiger partial charge on any atom is -0.257 e. The normalized spacial score (nSPS) is 10.7. The van der Waals surface area contributed by atoms with Crippen LogP contribution >= 0.6 is 0 Å². The van der Waals surface area contributed by atoms with Crippen molar-refractivity contribution in [2.24, 2.45) is 17.0 Å². The summed E-state index contributed by atoms with van der Waals surface area (Å²) >= 11 is 0. The molecule has 0 radical (unpaired) electrons. The van der Waals surface area contributed by atoms with Crippen molar-refractivity contribution in [3.8, 4) is 0 Å². The first-order valence-electron chi connectivity index (χ1n) is 5.92. The zero-order valence-electron chi connectivity index (χ0n) is 10.9. The maximum absolute atomic E-state index is 8.54. The minimum atomic E-state index is 0.430. The fourth-order valence-corrected chi connectivity index (χ4v) is 1.61. The summed E-state index contributed by atoms with van der Waals surface area (Å²) in [6.45, 7) is 8.45. The first-order chi connectivity index (χ1) is 8.02. The van der Waals surface area contributed by atoms with Gasteiger partial charge in [0.15, 0.2) is 0 Å². The lowest BCUT2D eigenvalue weighted by Crippen LogP contribution is -2.03. The molecule has 0 aliphatic carbocycles. The van der Waals surface area contributed by atoms with Crippen LogP contribution in [0.25, 0.3) is 10.4 Å². The van der Waals surface area contributed by atoms with Crippen molar-refractivity contribution in [2.75, 3.05) is 0 Å². The van der Waals surface area contributed by atoms with Crippen molar-refractivity contribution in [1.82, 2.24) is 9.97 Å². The molecule has 0 aliphatic heterocycles. The van der Waals surface area contributed by atoms with Gasteiger partial charge in [-0.15, -0.1) is 0 Å². The smallest absolute Gasteiger partial charge is 0.148 e. The van der Waals surface area contributed by atoms with Crippen LogP contribution in [-0.4, -0.2) is 9.97 Å². The fraction of sp³-hybridized carbons (Fsp3) is 0.667. The Morgan fingerprint density at radius 2 is 1.88 bits per heavy atom. The topological polar surface area (TPSA) is 74.5 Å². The van der Waals surface area contributed by atoms with E-state index in [4.69, 9.17) is 5.53 Å². The lowest BCUT2D eigenvalue weighted by molar-refractivity contribution is 0.618. The van der Waals surface area contributed by atoms with Gasteiger partial charge in [0.25, 0.3) is 0 Å². The lowest BCUT2D eigenvalue weighted by Gasteiger charge is -2.09. The number of azide groups is 1. The van der Waals surface area contributed by atoms with Crippen LogP contribution in [0.5, 0.6) is 0 Å². The van der Waals surface area contributed by atoms with Crippen LogP contribution in [0.4, 0.5) is 5.82 Å². The van der Waals surface area contributed by atoms with Crippen molar-refractivity contribution in [3.63, 3.8) is 0 Å². The molecule has 17 heavy (non-hydrogen) atoms. The molecule has 5 nitrogen and oxygen atoms in total. The van der Waals surface area contributed by atoms with E-state index in [0.717, 1.165) is 24.2 Å². The predicted molar refractivity (Wildman–Crippen MR) is 67.9 cm³/mol. The third kappa shape index (κ3) is 4.41. The second-order valence-electron chi connectivity index (χ2n) is 5.02. The Morgan fingerprint density at radius 1 is 1.24 bits per heavy atom. The Kier molecular flexibility index (Phi) is 4.91. The average Bonchev–Trinajstić information content (AvgIpc) is 2.21. The molecule has 0 N–H and O–H groups in total. The number of hydrogen-bond donors (Lipinski definition) is 0. The summed E-state index contributed by atoms with van der Waals surface area (Å²) in [5.41, 5.74) is 10.2. The summed E-state index contributed by atoms with van der Waals surface area (Å²) in [5.74, 6) is 1.41. The van der Waals surface area contributed by atoms with E-state index in [1.54, 1.807) is 6.20 Å². The molecule has 0 saturated heterocycles. The standard InChI is InChI=1S/C12H19N5/c1-8(2)5-10-7-14-11(6-9(3)4)12(15-10)16-17-13/h7-9H,5-6H2,1-4H3. The molecule has 5 heteroatoms. The Morgan fingerprint density at radius 3 is 2.41 bits per heavy atom. The van der Waals surface area contributed by atoms with E-state index in [0.29, 0.717) is 17.7 Å². The fourth-order valence-electron chi connectivity index (χ4n) is 1.61. The second-order valence-corrected chi connectivity index (χ2v) is 5.02. The van der Waals surface area contributed by atoms with Gasteiger partial charge >= 0.3 is 0 Å². The van der Waals surface area contributed by atoms with Gasteiger partial charge < -0.3 is 0 Å². The largest absolute Gasteiger partial charge is 0.257 e. The number of aromatic nitrogens is 2. The van der Waals surface area contributed by atoms with Crippen LogP contribution in [0.2, 0.25) is 0 Å². The molecule has 0 unspecified atom stereocenters. The zero-order valence-corrected chi connectivity index (χ0v) is 10.9. The number of hydrogen-bond acceptors (Lipinski definition) is 3. The lowest BCUT2D eigenvalue weighted by atomic mass is 10.1. The monoisotopic (exact) mass is 233 g/mol. The third-order valence-electron chi connectivity index (χ3n) is 2.24. The van der Waals surface area contributed by atoms with Gasteiger partial charge in [0.1, 0.15) is 5.82 Å². The molecule has 1 heterocycles. The SMILES string of the molecule is CC(C)Cc1cnc(CC(C)C)c(N=[N+]=[N-])n1. The molecule has 0 fully saturated rings. The van der Waals surface area contributed by atoms with E-state index in [-0.39, 0.29) is 0 Å². The van der Waals surface area contributed by atoms with Crippen molar-refractivity contribution in [2.45, 2.75) is 40.5 Å².